The second-order valence-corrected chi connectivity index (χ2v) is 3.80. The Kier molecular flexibility index (Phi) is 4.97. The van der Waals surface area contributed by atoms with Crippen LogP contribution in [0, 0.1) is 0 Å². The summed E-state index contributed by atoms with van der Waals surface area (Å²) in [7, 11) is 1.49. The molecule has 0 amide bonds. The molecule has 1 rings (SSSR count). The van der Waals surface area contributed by atoms with Gasteiger partial charge in [-0.3, -0.25) is 4.90 Å². The minimum atomic E-state index is -0.962. The van der Waals surface area contributed by atoms with E-state index in [1.165, 1.54) is 7.11 Å². The van der Waals surface area contributed by atoms with E-state index in [0.29, 0.717) is 5.75 Å². The van der Waals surface area contributed by atoms with Crippen molar-refractivity contribution in [1.29, 1.82) is 0 Å². The Bertz CT molecular complexity index is 386. The second-order valence-electron chi connectivity index (χ2n) is 3.80. The molecule has 0 atom stereocenters. The van der Waals surface area contributed by atoms with E-state index in [-0.39, 0.29) is 5.56 Å². The molecule has 4 heteroatoms. The molecule has 0 bridgehead atoms. The van der Waals surface area contributed by atoms with Gasteiger partial charge in [-0.1, -0.05) is 19.9 Å². The van der Waals surface area contributed by atoms with Crippen molar-refractivity contribution in [3.05, 3.63) is 29.3 Å². The lowest BCUT2D eigenvalue weighted by Crippen LogP contribution is -2.22. The van der Waals surface area contributed by atoms with Crippen LogP contribution in [-0.2, 0) is 6.54 Å². The van der Waals surface area contributed by atoms with Crippen molar-refractivity contribution in [3.63, 3.8) is 0 Å². The van der Waals surface area contributed by atoms with Gasteiger partial charge in [-0.25, -0.2) is 4.79 Å². The van der Waals surface area contributed by atoms with E-state index in [9.17, 15) is 4.79 Å². The maximum atomic E-state index is 10.9. The van der Waals surface area contributed by atoms with Crippen molar-refractivity contribution < 1.29 is 14.6 Å². The van der Waals surface area contributed by atoms with Crippen LogP contribution in [0.4, 0.5) is 0 Å². The van der Waals surface area contributed by atoms with E-state index < -0.39 is 5.97 Å². The zero-order valence-corrected chi connectivity index (χ0v) is 10.6. The molecule has 1 aromatic rings. The SMILES string of the molecule is CCN(CC)Cc1ccc(C(=O)O)c(OC)c1. The van der Waals surface area contributed by atoms with Crippen LogP contribution >= 0.6 is 0 Å². The second kappa shape index (κ2) is 6.25. The Hall–Kier alpha value is -1.55. The molecule has 4 nitrogen and oxygen atoms in total. The predicted octanol–water partition coefficient (Wildman–Crippen LogP) is 2.24. The number of carboxylic acids is 1. The predicted molar refractivity (Wildman–Crippen MR) is 66.6 cm³/mol. The Balaban J connectivity index is 2.93. The highest BCUT2D eigenvalue weighted by atomic mass is 16.5. The van der Waals surface area contributed by atoms with Gasteiger partial charge >= 0.3 is 5.97 Å². The van der Waals surface area contributed by atoms with E-state index >= 15 is 0 Å². The van der Waals surface area contributed by atoms with Crippen LogP contribution in [0.2, 0.25) is 0 Å². The molecule has 0 unspecified atom stereocenters. The number of methoxy groups -OCH3 is 1. The molecular formula is C13H19NO3. The first-order valence-electron chi connectivity index (χ1n) is 5.74. The number of aromatic carboxylic acids is 1. The van der Waals surface area contributed by atoms with E-state index in [1.54, 1.807) is 12.1 Å². The number of carboxylic acid groups (broad SMARTS) is 1. The quantitative estimate of drug-likeness (QED) is 0.824. The summed E-state index contributed by atoms with van der Waals surface area (Å²) in [6, 6.07) is 5.23. The summed E-state index contributed by atoms with van der Waals surface area (Å²) in [6.45, 7) is 6.96. The molecule has 0 radical (unpaired) electrons. The summed E-state index contributed by atoms with van der Waals surface area (Å²) in [5, 5.41) is 8.97. The molecule has 0 heterocycles. The van der Waals surface area contributed by atoms with Gasteiger partial charge in [-0.2, -0.15) is 0 Å². The summed E-state index contributed by atoms with van der Waals surface area (Å²) < 4.78 is 5.10. The smallest absolute Gasteiger partial charge is 0.339 e. The van der Waals surface area contributed by atoms with Gasteiger partial charge in [0.1, 0.15) is 11.3 Å². The van der Waals surface area contributed by atoms with Crippen LogP contribution in [0.15, 0.2) is 18.2 Å². The summed E-state index contributed by atoms with van der Waals surface area (Å²) in [5.41, 5.74) is 1.27. The molecule has 0 saturated carbocycles. The molecule has 0 aromatic heterocycles. The molecular weight excluding hydrogens is 218 g/mol. The average molecular weight is 237 g/mol. The molecule has 0 aliphatic heterocycles. The number of ether oxygens (including phenoxy) is 1. The van der Waals surface area contributed by atoms with Gasteiger partial charge in [0.25, 0.3) is 0 Å². The van der Waals surface area contributed by atoms with Gasteiger partial charge in [0.2, 0.25) is 0 Å². The Labute approximate surface area is 102 Å². The van der Waals surface area contributed by atoms with E-state index in [2.05, 4.69) is 18.7 Å². The van der Waals surface area contributed by atoms with E-state index in [4.69, 9.17) is 9.84 Å². The minimum absolute atomic E-state index is 0.204. The van der Waals surface area contributed by atoms with Crippen LogP contribution in [0.3, 0.4) is 0 Å². The highest BCUT2D eigenvalue weighted by Gasteiger charge is 2.11. The van der Waals surface area contributed by atoms with Crippen molar-refractivity contribution in [2.75, 3.05) is 20.2 Å². The third kappa shape index (κ3) is 3.46. The summed E-state index contributed by atoms with van der Waals surface area (Å²) >= 11 is 0. The number of hydrogen-bond acceptors (Lipinski definition) is 3. The number of carbonyl (C=O) groups is 1. The van der Waals surface area contributed by atoms with Gasteiger partial charge in [-0.05, 0) is 30.8 Å². The maximum Gasteiger partial charge on any atom is 0.339 e. The molecule has 0 saturated heterocycles. The van der Waals surface area contributed by atoms with Crippen LogP contribution in [0.5, 0.6) is 5.75 Å². The molecule has 0 aliphatic carbocycles. The van der Waals surface area contributed by atoms with Crippen LogP contribution < -0.4 is 4.74 Å². The lowest BCUT2D eigenvalue weighted by molar-refractivity contribution is 0.0693. The van der Waals surface area contributed by atoms with Gasteiger partial charge in [0.15, 0.2) is 0 Å². The first-order valence-corrected chi connectivity index (χ1v) is 5.74. The van der Waals surface area contributed by atoms with E-state index in [1.807, 2.05) is 6.07 Å². The Morgan fingerprint density at radius 3 is 2.47 bits per heavy atom. The molecule has 17 heavy (non-hydrogen) atoms. The molecule has 0 spiro atoms. The third-order valence-corrected chi connectivity index (χ3v) is 2.80. The molecule has 94 valence electrons. The van der Waals surface area contributed by atoms with Crippen LogP contribution in [-0.4, -0.2) is 36.2 Å². The fourth-order valence-corrected chi connectivity index (χ4v) is 1.72. The van der Waals surface area contributed by atoms with Gasteiger partial charge < -0.3 is 9.84 Å². The third-order valence-electron chi connectivity index (χ3n) is 2.80. The zero-order chi connectivity index (χ0) is 12.8. The summed E-state index contributed by atoms with van der Waals surface area (Å²) in [6.07, 6.45) is 0. The lowest BCUT2D eigenvalue weighted by Gasteiger charge is -2.18. The normalized spacial score (nSPS) is 10.6. The largest absolute Gasteiger partial charge is 0.496 e. The fourth-order valence-electron chi connectivity index (χ4n) is 1.72. The van der Waals surface area contributed by atoms with Crippen molar-refractivity contribution in [3.8, 4) is 5.75 Å². The van der Waals surface area contributed by atoms with E-state index in [0.717, 1.165) is 25.2 Å². The number of hydrogen-bond donors (Lipinski definition) is 1. The molecule has 0 fully saturated rings. The Morgan fingerprint density at radius 1 is 1.35 bits per heavy atom. The monoisotopic (exact) mass is 237 g/mol. The van der Waals surface area contributed by atoms with Crippen molar-refractivity contribution in [2.24, 2.45) is 0 Å². The average Bonchev–Trinajstić information content (AvgIpc) is 2.35. The van der Waals surface area contributed by atoms with Crippen molar-refractivity contribution >= 4 is 5.97 Å². The minimum Gasteiger partial charge on any atom is -0.496 e. The van der Waals surface area contributed by atoms with Crippen LogP contribution in [0.1, 0.15) is 29.8 Å². The fraction of sp³-hybridized carbons (Fsp3) is 0.462. The number of rotatable bonds is 6. The highest BCUT2D eigenvalue weighted by molar-refractivity contribution is 5.90. The topological polar surface area (TPSA) is 49.8 Å². The summed E-state index contributed by atoms with van der Waals surface area (Å²) in [4.78, 5) is 13.2. The van der Waals surface area contributed by atoms with Gasteiger partial charge in [0.05, 0.1) is 7.11 Å². The lowest BCUT2D eigenvalue weighted by atomic mass is 10.1. The first-order chi connectivity index (χ1) is 8.12. The maximum absolute atomic E-state index is 10.9. The first kappa shape index (κ1) is 13.5. The number of nitrogens with zero attached hydrogens (tertiary/aromatic N) is 1. The zero-order valence-electron chi connectivity index (χ0n) is 10.6. The molecule has 1 N–H and O–H groups in total. The van der Waals surface area contributed by atoms with Crippen molar-refractivity contribution in [2.45, 2.75) is 20.4 Å². The number of benzene rings is 1. The van der Waals surface area contributed by atoms with Gasteiger partial charge in [0, 0.05) is 6.54 Å². The standard InChI is InChI=1S/C13H19NO3/c1-4-14(5-2)9-10-6-7-11(13(15)16)12(8-10)17-3/h6-8H,4-5,9H2,1-3H3,(H,15,16). The van der Waals surface area contributed by atoms with Gasteiger partial charge in [-0.15, -0.1) is 0 Å². The summed E-state index contributed by atoms with van der Waals surface area (Å²) in [5.74, 6) is -0.543. The molecule has 1 aromatic carbocycles. The van der Waals surface area contributed by atoms with Crippen molar-refractivity contribution in [1.82, 2.24) is 4.90 Å². The molecule has 0 aliphatic rings. The van der Waals surface area contributed by atoms with Crippen LogP contribution in [0.25, 0.3) is 0 Å². The Morgan fingerprint density at radius 2 is 2.00 bits per heavy atom. The highest BCUT2D eigenvalue weighted by Crippen LogP contribution is 2.21.